The third-order valence-electron chi connectivity index (χ3n) is 5.43. The Labute approximate surface area is 163 Å². The first-order valence-electron chi connectivity index (χ1n) is 9.71. The molecule has 0 aromatic carbocycles. The van der Waals surface area contributed by atoms with E-state index in [1.54, 1.807) is 10.9 Å². The van der Waals surface area contributed by atoms with Crippen molar-refractivity contribution in [3.63, 3.8) is 0 Å². The zero-order chi connectivity index (χ0) is 19.5. The number of aryl methyl sites for hydroxylation is 1. The van der Waals surface area contributed by atoms with E-state index in [0.29, 0.717) is 25.9 Å². The summed E-state index contributed by atoms with van der Waals surface area (Å²) in [4.78, 5) is 31.3. The van der Waals surface area contributed by atoms with Crippen LogP contribution in [0.3, 0.4) is 0 Å². The molecule has 1 N–H and O–H groups in total. The summed E-state index contributed by atoms with van der Waals surface area (Å²) < 4.78 is 7.75. The van der Waals surface area contributed by atoms with E-state index in [9.17, 15) is 9.59 Å². The summed E-state index contributed by atoms with van der Waals surface area (Å²) in [6, 6.07) is 7.53. The lowest BCUT2D eigenvalue weighted by Gasteiger charge is -2.35. The van der Waals surface area contributed by atoms with Crippen molar-refractivity contribution in [2.45, 2.75) is 50.5 Å². The maximum Gasteiger partial charge on any atom is 0.249 e. The largest absolute Gasteiger partial charge is 0.363 e. The van der Waals surface area contributed by atoms with Gasteiger partial charge in [0.1, 0.15) is 6.10 Å². The van der Waals surface area contributed by atoms with Gasteiger partial charge in [0.2, 0.25) is 11.8 Å². The molecule has 4 heterocycles. The second kappa shape index (κ2) is 8.10. The van der Waals surface area contributed by atoms with Crippen LogP contribution in [-0.2, 0) is 34.3 Å². The Bertz CT molecular complexity index is 837. The molecule has 8 nitrogen and oxygen atoms in total. The first-order valence-corrected chi connectivity index (χ1v) is 9.71. The fraction of sp³-hybridized carbons (Fsp3) is 0.500. The van der Waals surface area contributed by atoms with Crippen LogP contribution in [0.25, 0.3) is 0 Å². The molecule has 2 saturated heterocycles. The Morgan fingerprint density at radius 2 is 2.11 bits per heavy atom. The van der Waals surface area contributed by atoms with Crippen molar-refractivity contribution in [2.75, 3.05) is 6.54 Å². The molecule has 2 amide bonds. The fourth-order valence-corrected chi connectivity index (χ4v) is 4.04. The molecule has 0 spiro atoms. The zero-order valence-electron chi connectivity index (χ0n) is 16.0. The minimum atomic E-state index is -0.462. The predicted octanol–water partition coefficient (Wildman–Crippen LogP) is 0.823. The molecule has 3 atom stereocenters. The van der Waals surface area contributed by atoms with Crippen LogP contribution in [0.15, 0.2) is 36.7 Å². The SMILES string of the molecule is Cn1ccc(CC(=O)N2CC[C@H]3O[C@H](C(=O)NCc4ccccn4)CC[C@H]32)n1. The van der Waals surface area contributed by atoms with E-state index in [1.165, 1.54) is 0 Å². The van der Waals surface area contributed by atoms with Crippen molar-refractivity contribution in [2.24, 2.45) is 7.05 Å². The minimum Gasteiger partial charge on any atom is -0.363 e. The Morgan fingerprint density at radius 1 is 1.21 bits per heavy atom. The summed E-state index contributed by atoms with van der Waals surface area (Å²) >= 11 is 0. The standard InChI is InChI=1S/C20H25N5O3/c1-24-10-7-14(23-24)12-19(26)25-11-8-17-16(25)5-6-18(28-17)20(27)22-13-15-4-2-3-9-21-15/h2-4,7,9-10,16-18H,5-6,8,11-13H2,1H3,(H,22,27)/t16-,17-,18+/m1/s1. The van der Waals surface area contributed by atoms with Crippen molar-refractivity contribution in [1.29, 1.82) is 0 Å². The second-order valence-corrected chi connectivity index (χ2v) is 7.38. The highest BCUT2D eigenvalue weighted by Crippen LogP contribution is 2.32. The Morgan fingerprint density at radius 3 is 2.86 bits per heavy atom. The van der Waals surface area contributed by atoms with Gasteiger partial charge in [-0.25, -0.2) is 0 Å². The highest BCUT2D eigenvalue weighted by molar-refractivity contribution is 5.81. The van der Waals surface area contributed by atoms with Crippen molar-refractivity contribution < 1.29 is 14.3 Å². The predicted molar refractivity (Wildman–Crippen MR) is 101 cm³/mol. The molecule has 2 fully saturated rings. The molecule has 0 radical (unpaired) electrons. The molecule has 8 heteroatoms. The van der Waals surface area contributed by atoms with Gasteiger partial charge >= 0.3 is 0 Å². The number of nitrogens with one attached hydrogen (secondary N) is 1. The van der Waals surface area contributed by atoms with E-state index in [-0.39, 0.29) is 24.0 Å². The molecule has 2 aliphatic heterocycles. The Kier molecular flexibility index (Phi) is 5.38. The van der Waals surface area contributed by atoms with Gasteiger partial charge in [0.25, 0.3) is 0 Å². The van der Waals surface area contributed by atoms with Crippen molar-refractivity contribution in [3.05, 3.63) is 48.0 Å². The van der Waals surface area contributed by atoms with Gasteiger partial charge in [-0.2, -0.15) is 5.10 Å². The van der Waals surface area contributed by atoms with Crippen molar-refractivity contribution in [1.82, 2.24) is 25.0 Å². The van der Waals surface area contributed by atoms with Gasteiger partial charge in [0.15, 0.2) is 0 Å². The quantitative estimate of drug-likeness (QED) is 0.826. The van der Waals surface area contributed by atoms with E-state index in [4.69, 9.17) is 4.74 Å². The summed E-state index contributed by atoms with van der Waals surface area (Å²) in [7, 11) is 1.84. The van der Waals surface area contributed by atoms with Crippen LogP contribution in [0, 0.1) is 0 Å². The lowest BCUT2D eigenvalue weighted by Crippen LogP contribution is -2.49. The summed E-state index contributed by atoms with van der Waals surface area (Å²) in [5.41, 5.74) is 1.59. The average molecular weight is 383 g/mol. The molecule has 4 rings (SSSR count). The number of rotatable bonds is 5. The maximum atomic E-state index is 12.7. The molecular weight excluding hydrogens is 358 g/mol. The number of pyridine rings is 1. The van der Waals surface area contributed by atoms with Gasteiger partial charge in [-0.1, -0.05) is 6.07 Å². The van der Waals surface area contributed by atoms with E-state index in [2.05, 4.69) is 15.4 Å². The second-order valence-electron chi connectivity index (χ2n) is 7.38. The molecule has 0 aliphatic carbocycles. The van der Waals surface area contributed by atoms with Gasteiger partial charge < -0.3 is 15.0 Å². The Hall–Kier alpha value is -2.74. The number of likely N-dealkylation sites (tertiary alicyclic amines) is 1. The van der Waals surface area contributed by atoms with Crippen LogP contribution in [0.2, 0.25) is 0 Å². The van der Waals surface area contributed by atoms with Gasteiger partial charge in [-0.3, -0.25) is 19.3 Å². The zero-order valence-corrected chi connectivity index (χ0v) is 16.0. The molecule has 148 valence electrons. The summed E-state index contributed by atoms with van der Waals surface area (Å²) in [6.45, 7) is 1.06. The molecule has 2 aromatic rings. The third kappa shape index (κ3) is 4.06. The summed E-state index contributed by atoms with van der Waals surface area (Å²) in [6.07, 6.45) is 5.47. The molecule has 2 aromatic heterocycles. The van der Waals surface area contributed by atoms with Gasteiger partial charge in [0, 0.05) is 26.0 Å². The average Bonchev–Trinajstić information content (AvgIpc) is 3.32. The minimum absolute atomic E-state index is 0.0519. The van der Waals surface area contributed by atoms with Crippen LogP contribution in [0.4, 0.5) is 0 Å². The maximum absolute atomic E-state index is 12.7. The van der Waals surface area contributed by atoms with E-state index < -0.39 is 6.10 Å². The van der Waals surface area contributed by atoms with Crippen molar-refractivity contribution >= 4 is 11.8 Å². The number of ether oxygens (including phenoxy) is 1. The highest BCUT2D eigenvalue weighted by Gasteiger charge is 2.43. The number of amides is 2. The van der Waals surface area contributed by atoms with Crippen LogP contribution < -0.4 is 5.32 Å². The number of fused-ring (bicyclic) bond motifs is 1. The van der Waals surface area contributed by atoms with Gasteiger partial charge in [0.05, 0.1) is 36.5 Å². The summed E-state index contributed by atoms with van der Waals surface area (Å²) in [5.74, 6) is -0.0322. The number of aromatic nitrogens is 3. The van der Waals surface area contributed by atoms with Crippen LogP contribution in [0.5, 0.6) is 0 Å². The topological polar surface area (TPSA) is 89.4 Å². The van der Waals surface area contributed by atoms with Crippen LogP contribution >= 0.6 is 0 Å². The van der Waals surface area contributed by atoms with Gasteiger partial charge in [-0.05, 0) is 37.5 Å². The lowest BCUT2D eigenvalue weighted by atomic mass is 9.98. The van der Waals surface area contributed by atoms with E-state index in [1.807, 2.05) is 42.4 Å². The first kappa shape index (κ1) is 18.6. The number of hydrogen-bond acceptors (Lipinski definition) is 5. The van der Waals surface area contributed by atoms with E-state index >= 15 is 0 Å². The van der Waals surface area contributed by atoms with Crippen LogP contribution in [-0.4, -0.2) is 56.3 Å². The molecule has 0 bridgehead atoms. The molecular formula is C20H25N5O3. The number of nitrogens with zero attached hydrogens (tertiary/aromatic N) is 4. The van der Waals surface area contributed by atoms with Crippen LogP contribution in [0.1, 0.15) is 30.7 Å². The summed E-state index contributed by atoms with van der Waals surface area (Å²) in [5, 5.41) is 7.19. The molecule has 28 heavy (non-hydrogen) atoms. The number of carbonyl (C=O) groups is 2. The number of carbonyl (C=O) groups excluding carboxylic acids is 2. The molecule has 2 aliphatic rings. The lowest BCUT2D eigenvalue weighted by molar-refractivity contribution is -0.147. The number of hydrogen-bond donors (Lipinski definition) is 1. The smallest absolute Gasteiger partial charge is 0.249 e. The molecule has 0 saturated carbocycles. The van der Waals surface area contributed by atoms with E-state index in [0.717, 1.165) is 24.2 Å². The monoisotopic (exact) mass is 383 g/mol. The third-order valence-corrected chi connectivity index (χ3v) is 5.43. The van der Waals surface area contributed by atoms with Gasteiger partial charge in [-0.15, -0.1) is 0 Å². The molecule has 0 unspecified atom stereocenters. The highest BCUT2D eigenvalue weighted by atomic mass is 16.5. The Balaban J connectivity index is 1.29. The van der Waals surface area contributed by atoms with Crippen molar-refractivity contribution in [3.8, 4) is 0 Å². The fourth-order valence-electron chi connectivity index (χ4n) is 4.04. The normalized spacial score (nSPS) is 24.0. The first-order chi connectivity index (χ1) is 13.6.